The molecule has 3 aliphatic heterocycles. The average molecular weight is 501 g/mol. The summed E-state index contributed by atoms with van der Waals surface area (Å²) in [5, 5.41) is 0. The van der Waals surface area contributed by atoms with E-state index in [-0.39, 0.29) is 30.8 Å². The molecule has 0 bridgehead atoms. The number of carbonyl (C=O) groups excluding carboxylic acids is 3. The number of hydrogen-bond donors (Lipinski definition) is 2. The van der Waals surface area contributed by atoms with Crippen LogP contribution in [0.1, 0.15) is 66.4 Å². The summed E-state index contributed by atoms with van der Waals surface area (Å²) in [6, 6.07) is 4.70. The van der Waals surface area contributed by atoms with Crippen LogP contribution >= 0.6 is 0 Å². The van der Waals surface area contributed by atoms with Crippen molar-refractivity contribution in [1.82, 2.24) is 9.80 Å². The summed E-state index contributed by atoms with van der Waals surface area (Å²) < 4.78 is 10.8. The molecule has 4 rings (SSSR count). The highest BCUT2D eigenvalue weighted by molar-refractivity contribution is 5.99. The fraction of sp³-hybridized carbons (Fsp3) is 0.667. The van der Waals surface area contributed by atoms with Gasteiger partial charge in [-0.25, -0.2) is 0 Å². The molecule has 36 heavy (non-hydrogen) atoms. The van der Waals surface area contributed by atoms with E-state index in [1.165, 1.54) is 0 Å². The molecule has 9 nitrogen and oxygen atoms in total. The second kappa shape index (κ2) is 11.4. The van der Waals surface area contributed by atoms with Crippen LogP contribution in [0.3, 0.4) is 0 Å². The summed E-state index contributed by atoms with van der Waals surface area (Å²) in [6.45, 7) is 7.93. The maximum atomic E-state index is 14.0. The minimum atomic E-state index is -0.654. The molecule has 0 radical (unpaired) electrons. The Morgan fingerprint density at radius 1 is 1.22 bits per heavy atom. The van der Waals surface area contributed by atoms with Gasteiger partial charge in [-0.15, -0.1) is 0 Å². The molecule has 0 aromatic heterocycles. The minimum Gasteiger partial charge on any atom is -0.383 e. The maximum Gasteiger partial charge on any atom is 0.249 e. The summed E-state index contributed by atoms with van der Waals surface area (Å²) >= 11 is 0. The monoisotopic (exact) mass is 500 g/mol. The number of rotatable bonds is 9. The highest BCUT2D eigenvalue weighted by atomic mass is 16.5. The molecule has 3 aliphatic rings. The standard InChI is InChI=1S/C27H40N4O5/c1-16(2)12-21(27(34)31-14-22(28)25-24(31)23(32)15-36-25)20-13-18(4-5-19(20)26(29)33)17-6-8-30(9-7-17)10-11-35-3/h4-5,13,16-17,21-22,24-25H,6-12,14-15,28H2,1-3H3,(H2,29,33)/t21-,22-,24+,25+/m0/s1. The van der Waals surface area contributed by atoms with Gasteiger partial charge in [0.1, 0.15) is 18.8 Å². The number of likely N-dealkylation sites (tertiary alicyclic amines) is 2. The van der Waals surface area contributed by atoms with Crippen molar-refractivity contribution in [1.29, 1.82) is 0 Å². The molecule has 3 saturated heterocycles. The quantitative estimate of drug-likeness (QED) is 0.522. The summed E-state index contributed by atoms with van der Waals surface area (Å²) in [5.41, 5.74) is 14.2. The van der Waals surface area contributed by atoms with E-state index in [4.69, 9.17) is 20.9 Å². The molecule has 198 valence electrons. The topological polar surface area (TPSA) is 128 Å². The van der Waals surface area contributed by atoms with Crippen LogP contribution in [-0.2, 0) is 19.1 Å². The van der Waals surface area contributed by atoms with Gasteiger partial charge in [0.2, 0.25) is 11.8 Å². The highest BCUT2D eigenvalue weighted by Gasteiger charge is 2.52. The zero-order chi connectivity index (χ0) is 26.0. The van der Waals surface area contributed by atoms with Crippen molar-refractivity contribution in [2.24, 2.45) is 17.4 Å². The summed E-state index contributed by atoms with van der Waals surface area (Å²) in [6.07, 6.45) is 2.07. The zero-order valence-electron chi connectivity index (χ0n) is 21.7. The van der Waals surface area contributed by atoms with Gasteiger partial charge in [-0.1, -0.05) is 26.0 Å². The van der Waals surface area contributed by atoms with Gasteiger partial charge >= 0.3 is 0 Å². The molecule has 9 heteroatoms. The van der Waals surface area contributed by atoms with Gasteiger partial charge < -0.3 is 30.7 Å². The molecule has 0 unspecified atom stereocenters. The highest BCUT2D eigenvalue weighted by Crippen LogP contribution is 2.37. The normalized spacial score (nSPS) is 26.0. The zero-order valence-corrected chi connectivity index (χ0v) is 21.7. The number of nitrogens with two attached hydrogens (primary N) is 2. The van der Waals surface area contributed by atoms with Crippen molar-refractivity contribution in [3.8, 4) is 0 Å². The van der Waals surface area contributed by atoms with E-state index in [0.29, 0.717) is 23.5 Å². The predicted octanol–water partition coefficient (Wildman–Crippen LogP) is 1.25. The Bertz CT molecular complexity index is 975. The number of piperidine rings is 1. The fourth-order valence-corrected chi connectivity index (χ4v) is 6.01. The Hall–Kier alpha value is -2.33. The van der Waals surface area contributed by atoms with Crippen LogP contribution in [0.25, 0.3) is 0 Å². The Balaban J connectivity index is 1.63. The van der Waals surface area contributed by atoms with E-state index >= 15 is 0 Å². The number of Topliss-reactive ketones (excluding diaryl/α,β-unsaturated/α-hetero) is 1. The lowest BCUT2D eigenvalue weighted by atomic mass is 9.81. The summed E-state index contributed by atoms with van der Waals surface area (Å²) in [7, 11) is 1.72. The molecule has 0 saturated carbocycles. The third kappa shape index (κ3) is 5.49. The summed E-state index contributed by atoms with van der Waals surface area (Å²) in [4.78, 5) is 43.0. The Kier molecular flexibility index (Phi) is 8.44. The van der Waals surface area contributed by atoms with Crippen LogP contribution in [0.2, 0.25) is 0 Å². The molecule has 0 spiro atoms. The Morgan fingerprint density at radius 2 is 1.94 bits per heavy atom. The third-order valence-electron chi connectivity index (χ3n) is 7.90. The second-order valence-corrected chi connectivity index (χ2v) is 10.8. The van der Waals surface area contributed by atoms with E-state index in [1.54, 1.807) is 18.1 Å². The third-order valence-corrected chi connectivity index (χ3v) is 7.90. The maximum absolute atomic E-state index is 14.0. The summed E-state index contributed by atoms with van der Waals surface area (Å²) in [5.74, 6) is -0.908. The molecule has 0 aliphatic carbocycles. The number of hydrogen-bond acceptors (Lipinski definition) is 7. The van der Waals surface area contributed by atoms with Gasteiger partial charge in [0.05, 0.1) is 18.6 Å². The molecule has 1 aromatic rings. The van der Waals surface area contributed by atoms with Crippen LogP contribution in [0.5, 0.6) is 0 Å². The number of benzene rings is 1. The fourth-order valence-electron chi connectivity index (χ4n) is 6.01. The van der Waals surface area contributed by atoms with E-state index in [1.807, 2.05) is 26.0 Å². The molecule has 3 heterocycles. The van der Waals surface area contributed by atoms with Crippen LogP contribution < -0.4 is 11.5 Å². The van der Waals surface area contributed by atoms with Gasteiger partial charge in [0.15, 0.2) is 5.78 Å². The molecular weight excluding hydrogens is 460 g/mol. The number of fused-ring (bicyclic) bond motifs is 1. The van der Waals surface area contributed by atoms with Gasteiger partial charge in [0, 0.05) is 25.8 Å². The number of nitrogens with zero attached hydrogens (tertiary/aromatic N) is 2. The van der Waals surface area contributed by atoms with Crippen molar-refractivity contribution < 1.29 is 23.9 Å². The lowest BCUT2D eigenvalue weighted by Crippen LogP contribution is -2.44. The molecule has 1 aromatic carbocycles. The van der Waals surface area contributed by atoms with Crippen molar-refractivity contribution in [2.45, 2.75) is 63.1 Å². The van der Waals surface area contributed by atoms with Crippen molar-refractivity contribution in [3.05, 3.63) is 34.9 Å². The number of ketones is 1. The Labute approximate surface area is 213 Å². The van der Waals surface area contributed by atoms with Crippen molar-refractivity contribution in [3.63, 3.8) is 0 Å². The second-order valence-electron chi connectivity index (χ2n) is 10.8. The first-order valence-electron chi connectivity index (χ1n) is 13.1. The number of ether oxygens (including phenoxy) is 2. The molecule has 4 N–H and O–H groups in total. The molecule has 4 atom stereocenters. The predicted molar refractivity (Wildman–Crippen MR) is 136 cm³/mol. The molecular formula is C27H40N4O5. The van der Waals surface area contributed by atoms with Crippen LogP contribution in [0.4, 0.5) is 0 Å². The van der Waals surface area contributed by atoms with Crippen LogP contribution in [0.15, 0.2) is 18.2 Å². The lowest BCUT2D eigenvalue weighted by molar-refractivity contribution is -0.138. The van der Waals surface area contributed by atoms with Gasteiger partial charge in [-0.3, -0.25) is 14.4 Å². The van der Waals surface area contributed by atoms with Crippen molar-refractivity contribution >= 4 is 17.6 Å². The minimum absolute atomic E-state index is 0.0211. The largest absolute Gasteiger partial charge is 0.383 e. The van der Waals surface area contributed by atoms with Gasteiger partial charge in [-0.05, 0) is 61.4 Å². The van der Waals surface area contributed by atoms with Crippen LogP contribution in [-0.4, -0.2) is 92.1 Å². The number of methoxy groups -OCH3 is 1. The number of amides is 2. The van der Waals surface area contributed by atoms with Crippen molar-refractivity contribution in [2.75, 3.05) is 46.5 Å². The smallest absolute Gasteiger partial charge is 0.249 e. The SMILES string of the molecule is COCCN1CCC(c2ccc(C(N)=O)c([C@H](CC(C)C)C(=O)N3C[C@H](N)[C@H]4OCC(=O)[C@H]43)c2)CC1. The molecule has 2 amide bonds. The van der Waals surface area contributed by atoms with Crippen LogP contribution in [0, 0.1) is 5.92 Å². The lowest BCUT2D eigenvalue weighted by Gasteiger charge is -2.33. The first-order valence-corrected chi connectivity index (χ1v) is 13.1. The molecule has 3 fully saturated rings. The van der Waals surface area contributed by atoms with E-state index < -0.39 is 30.0 Å². The van der Waals surface area contributed by atoms with Gasteiger partial charge in [0.25, 0.3) is 0 Å². The number of primary amides is 1. The van der Waals surface area contributed by atoms with E-state index in [9.17, 15) is 14.4 Å². The van der Waals surface area contributed by atoms with E-state index in [0.717, 1.165) is 44.6 Å². The Morgan fingerprint density at radius 3 is 2.58 bits per heavy atom. The first kappa shape index (κ1) is 26.7. The van der Waals surface area contributed by atoms with E-state index in [2.05, 4.69) is 4.90 Å². The number of carbonyl (C=O) groups is 3. The van der Waals surface area contributed by atoms with Gasteiger partial charge in [-0.2, -0.15) is 0 Å². The first-order chi connectivity index (χ1) is 17.2. The average Bonchev–Trinajstić information content (AvgIpc) is 3.40.